The number of hydrogen-bond acceptors (Lipinski definition) is 3. The van der Waals surface area contributed by atoms with Crippen LogP contribution in [0.4, 0.5) is 0 Å². The van der Waals surface area contributed by atoms with Gasteiger partial charge in [0.2, 0.25) is 0 Å². The van der Waals surface area contributed by atoms with E-state index in [2.05, 4.69) is 48.2 Å². The highest BCUT2D eigenvalue weighted by molar-refractivity contribution is 5.80. The molecule has 1 aliphatic rings. The van der Waals surface area contributed by atoms with Gasteiger partial charge in [0.15, 0.2) is 5.96 Å². The van der Waals surface area contributed by atoms with Gasteiger partial charge in [-0.1, -0.05) is 13.8 Å². The van der Waals surface area contributed by atoms with Crippen LogP contribution in [0.25, 0.3) is 0 Å². The Kier molecular flexibility index (Phi) is 10.3. The monoisotopic (exact) mass is 340 g/mol. The fourth-order valence-electron chi connectivity index (χ4n) is 3.06. The normalized spacial score (nSPS) is 17.8. The van der Waals surface area contributed by atoms with Crippen molar-refractivity contribution in [2.24, 2.45) is 10.4 Å². The summed E-state index contributed by atoms with van der Waals surface area (Å²) in [6.07, 6.45) is 6.18. The maximum atomic E-state index is 5.51. The average Bonchev–Trinajstić information content (AvgIpc) is 3.36. The van der Waals surface area contributed by atoms with Crippen LogP contribution in [0.3, 0.4) is 0 Å². The Bertz CT molecular complexity index is 351. The van der Waals surface area contributed by atoms with Gasteiger partial charge in [0.05, 0.1) is 0 Å². The van der Waals surface area contributed by atoms with Crippen LogP contribution in [0.1, 0.15) is 59.8 Å². The van der Waals surface area contributed by atoms with Crippen molar-refractivity contribution in [2.45, 2.75) is 65.8 Å². The van der Waals surface area contributed by atoms with Gasteiger partial charge in [-0.05, 0) is 71.0 Å². The van der Waals surface area contributed by atoms with Gasteiger partial charge >= 0.3 is 0 Å². The molecular weight excluding hydrogens is 300 g/mol. The lowest BCUT2D eigenvalue weighted by atomic mass is 10.0. The van der Waals surface area contributed by atoms with Crippen molar-refractivity contribution < 1.29 is 4.74 Å². The summed E-state index contributed by atoms with van der Waals surface area (Å²) in [7, 11) is 1.86. The third-order valence-electron chi connectivity index (χ3n) is 5.18. The van der Waals surface area contributed by atoms with Crippen LogP contribution in [-0.4, -0.2) is 63.3 Å². The smallest absolute Gasteiger partial charge is 0.191 e. The van der Waals surface area contributed by atoms with Crippen LogP contribution in [0, 0.1) is 5.41 Å². The van der Waals surface area contributed by atoms with Crippen molar-refractivity contribution in [3.05, 3.63) is 0 Å². The molecule has 0 aromatic carbocycles. The lowest BCUT2D eigenvalue weighted by Crippen LogP contribution is -2.44. The van der Waals surface area contributed by atoms with E-state index in [0.29, 0.717) is 11.5 Å². The summed E-state index contributed by atoms with van der Waals surface area (Å²) in [6, 6.07) is 0.449. The van der Waals surface area contributed by atoms with Crippen LogP contribution < -0.4 is 10.6 Å². The zero-order valence-corrected chi connectivity index (χ0v) is 16.7. The third kappa shape index (κ3) is 8.34. The van der Waals surface area contributed by atoms with Crippen molar-refractivity contribution in [1.29, 1.82) is 0 Å². The first-order chi connectivity index (χ1) is 11.6. The largest absolute Gasteiger partial charge is 0.382 e. The standard InChI is InChI=1S/C19H40N4O/c1-6-23(7-2)14-9-10-17(4)22-18(20-5)21-16-19(11-12-19)13-15-24-8-3/h17H,6-16H2,1-5H3,(H2,20,21,22). The van der Waals surface area contributed by atoms with E-state index in [1.54, 1.807) is 0 Å². The molecule has 1 aliphatic carbocycles. The van der Waals surface area contributed by atoms with Gasteiger partial charge in [0, 0.05) is 32.8 Å². The third-order valence-corrected chi connectivity index (χ3v) is 5.18. The van der Waals surface area contributed by atoms with Crippen LogP contribution in [0.5, 0.6) is 0 Å². The summed E-state index contributed by atoms with van der Waals surface area (Å²) in [5, 5.41) is 7.06. The number of nitrogens with zero attached hydrogens (tertiary/aromatic N) is 2. The summed E-state index contributed by atoms with van der Waals surface area (Å²) in [4.78, 5) is 6.86. The van der Waals surface area contributed by atoms with E-state index in [1.165, 1.54) is 32.2 Å². The Morgan fingerprint density at radius 3 is 2.50 bits per heavy atom. The Labute approximate surface area is 149 Å². The maximum absolute atomic E-state index is 5.51. The highest BCUT2D eigenvalue weighted by Gasteiger charge is 2.41. The second-order valence-electron chi connectivity index (χ2n) is 7.09. The summed E-state index contributed by atoms with van der Waals surface area (Å²) in [5.41, 5.74) is 0.443. The molecule has 142 valence electrons. The molecule has 2 N–H and O–H groups in total. The lowest BCUT2D eigenvalue weighted by Gasteiger charge is -2.22. The molecule has 5 nitrogen and oxygen atoms in total. The Morgan fingerprint density at radius 1 is 1.25 bits per heavy atom. The Balaban J connectivity index is 2.22. The highest BCUT2D eigenvalue weighted by Crippen LogP contribution is 2.48. The number of aliphatic imine (C=N–C) groups is 1. The first kappa shape index (κ1) is 21.2. The van der Waals surface area contributed by atoms with Gasteiger partial charge < -0.3 is 20.3 Å². The number of guanidine groups is 1. The minimum atomic E-state index is 0.443. The van der Waals surface area contributed by atoms with Gasteiger partial charge in [-0.15, -0.1) is 0 Å². The van der Waals surface area contributed by atoms with E-state index in [1.807, 2.05) is 7.05 Å². The van der Waals surface area contributed by atoms with E-state index in [0.717, 1.165) is 45.2 Å². The van der Waals surface area contributed by atoms with E-state index in [9.17, 15) is 0 Å². The molecule has 0 aromatic rings. The van der Waals surface area contributed by atoms with Crippen LogP contribution in [0.15, 0.2) is 4.99 Å². The van der Waals surface area contributed by atoms with Gasteiger partial charge in [0.25, 0.3) is 0 Å². The molecule has 0 aliphatic heterocycles. The number of ether oxygens (including phenoxy) is 1. The first-order valence-electron chi connectivity index (χ1n) is 9.86. The van der Waals surface area contributed by atoms with Crippen LogP contribution in [0.2, 0.25) is 0 Å². The van der Waals surface area contributed by atoms with Crippen molar-refractivity contribution >= 4 is 5.96 Å². The lowest BCUT2D eigenvalue weighted by molar-refractivity contribution is 0.128. The Hall–Kier alpha value is -0.810. The van der Waals surface area contributed by atoms with Crippen LogP contribution >= 0.6 is 0 Å². The van der Waals surface area contributed by atoms with Crippen molar-refractivity contribution in [2.75, 3.05) is 46.4 Å². The second-order valence-corrected chi connectivity index (χ2v) is 7.09. The number of hydrogen-bond donors (Lipinski definition) is 2. The van der Waals surface area contributed by atoms with Crippen LogP contribution in [-0.2, 0) is 4.74 Å². The fraction of sp³-hybridized carbons (Fsp3) is 0.947. The minimum absolute atomic E-state index is 0.443. The molecular formula is C19H40N4O. The summed E-state index contributed by atoms with van der Waals surface area (Å²) in [5.74, 6) is 0.938. The molecule has 0 heterocycles. The molecule has 1 atom stereocenters. The molecule has 1 rings (SSSR count). The van der Waals surface area contributed by atoms with Gasteiger partial charge in [0.1, 0.15) is 0 Å². The zero-order valence-electron chi connectivity index (χ0n) is 16.7. The zero-order chi connectivity index (χ0) is 17.8. The predicted octanol–water partition coefficient (Wildman–Crippen LogP) is 2.87. The molecule has 1 fully saturated rings. The molecule has 0 bridgehead atoms. The number of nitrogens with one attached hydrogen (secondary N) is 2. The summed E-state index contributed by atoms with van der Waals surface area (Å²) < 4.78 is 5.51. The topological polar surface area (TPSA) is 48.9 Å². The highest BCUT2D eigenvalue weighted by atomic mass is 16.5. The maximum Gasteiger partial charge on any atom is 0.191 e. The second kappa shape index (κ2) is 11.7. The predicted molar refractivity (Wildman–Crippen MR) is 104 cm³/mol. The molecule has 0 saturated heterocycles. The van der Waals surface area contributed by atoms with E-state index in [4.69, 9.17) is 4.74 Å². The molecule has 0 aromatic heterocycles. The fourth-order valence-corrected chi connectivity index (χ4v) is 3.06. The first-order valence-corrected chi connectivity index (χ1v) is 9.86. The molecule has 1 saturated carbocycles. The molecule has 0 spiro atoms. The summed E-state index contributed by atoms with van der Waals surface area (Å²) in [6.45, 7) is 15.0. The molecule has 0 radical (unpaired) electrons. The minimum Gasteiger partial charge on any atom is -0.382 e. The Morgan fingerprint density at radius 2 is 1.96 bits per heavy atom. The van der Waals surface area contributed by atoms with Gasteiger partial charge in [-0.2, -0.15) is 0 Å². The molecule has 0 amide bonds. The average molecular weight is 341 g/mol. The van der Waals surface area contributed by atoms with Crippen molar-refractivity contribution in [3.63, 3.8) is 0 Å². The molecule has 24 heavy (non-hydrogen) atoms. The SMILES string of the molecule is CCOCCC1(CNC(=NC)NC(C)CCCN(CC)CC)CC1. The van der Waals surface area contributed by atoms with Gasteiger partial charge in [-0.25, -0.2) is 0 Å². The quantitative estimate of drug-likeness (QED) is 0.307. The van der Waals surface area contributed by atoms with Crippen molar-refractivity contribution in [3.8, 4) is 0 Å². The van der Waals surface area contributed by atoms with E-state index < -0.39 is 0 Å². The number of rotatable bonds is 13. The van der Waals surface area contributed by atoms with E-state index >= 15 is 0 Å². The molecule has 5 heteroatoms. The van der Waals surface area contributed by atoms with Crippen molar-refractivity contribution in [1.82, 2.24) is 15.5 Å². The van der Waals surface area contributed by atoms with Gasteiger partial charge in [-0.3, -0.25) is 4.99 Å². The van der Waals surface area contributed by atoms with E-state index in [-0.39, 0.29) is 0 Å². The molecule has 1 unspecified atom stereocenters. The summed E-state index contributed by atoms with van der Waals surface area (Å²) >= 11 is 0.